The number of fused-ring (bicyclic) bond motifs is 1. The Morgan fingerprint density at radius 1 is 0.968 bits per heavy atom. The highest BCUT2D eigenvalue weighted by atomic mass is 19.4. The summed E-state index contributed by atoms with van der Waals surface area (Å²) in [5.41, 5.74) is 6.74. The molecule has 0 unspecified atom stereocenters. The van der Waals surface area contributed by atoms with Gasteiger partial charge in [-0.05, 0) is 49.2 Å². The zero-order valence-electron chi connectivity index (χ0n) is 16.0. The number of anilines is 3. The predicted molar refractivity (Wildman–Crippen MR) is 108 cm³/mol. The molecular weight excluding hydrogens is 412 g/mol. The highest BCUT2D eigenvalue weighted by molar-refractivity contribution is 5.78. The van der Waals surface area contributed by atoms with Crippen molar-refractivity contribution in [2.24, 2.45) is 0 Å². The quantitative estimate of drug-likeness (QED) is 0.438. The van der Waals surface area contributed by atoms with Gasteiger partial charge in [0.15, 0.2) is 11.6 Å². The van der Waals surface area contributed by atoms with Crippen molar-refractivity contribution in [3.63, 3.8) is 0 Å². The minimum Gasteiger partial charge on any atom is -0.381 e. The molecule has 0 aliphatic heterocycles. The Balaban J connectivity index is 1.57. The fraction of sp³-hybridized carbons (Fsp3) is 0.190. The molecule has 2 aromatic carbocycles. The van der Waals surface area contributed by atoms with Crippen molar-refractivity contribution < 1.29 is 17.6 Å². The van der Waals surface area contributed by atoms with E-state index in [1.54, 1.807) is 4.57 Å². The summed E-state index contributed by atoms with van der Waals surface area (Å²) < 4.78 is 54.7. The van der Waals surface area contributed by atoms with Crippen molar-refractivity contribution in [2.75, 3.05) is 11.1 Å². The van der Waals surface area contributed by atoms with Crippen LogP contribution in [0, 0.1) is 5.82 Å². The number of benzene rings is 2. The molecule has 0 saturated heterocycles. The van der Waals surface area contributed by atoms with E-state index in [1.807, 2.05) is 24.3 Å². The second kappa shape index (κ2) is 6.93. The van der Waals surface area contributed by atoms with Crippen molar-refractivity contribution in [3.05, 3.63) is 65.7 Å². The fourth-order valence-corrected chi connectivity index (χ4v) is 3.38. The Labute approximate surface area is 173 Å². The number of para-hydroxylation sites is 2. The number of alkyl halides is 3. The largest absolute Gasteiger partial charge is 0.416 e. The molecule has 0 bridgehead atoms. The van der Waals surface area contributed by atoms with E-state index in [1.165, 1.54) is 12.1 Å². The first-order valence-corrected chi connectivity index (χ1v) is 9.56. The van der Waals surface area contributed by atoms with Crippen molar-refractivity contribution >= 4 is 28.4 Å². The molecule has 31 heavy (non-hydrogen) atoms. The van der Waals surface area contributed by atoms with E-state index in [9.17, 15) is 17.6 Å². The van der Waals surface area contributed by atoms with E-state index in [2.05, 4.69) is 20.3 Å². The van der Waals surface area contributed by atoms with Gasteiger partial charge in [0.25, 0.3) is 0 Å². The van der Waals surface area contributed by atoms with Crippen molar-refractivity contribution in [1.82, 2.24) is 19.5 Å². The van der Waals surface area contributed by atoms with E-state index >= 15 is 0 Å². The van der Waals surface area contributed by atoms with Crippen LogP contribution in [0.25, 0.3) is 17.0 Å². The topological polar surface area (TPSA) is 81.7 Å². The summed E-state index contributed by atoms with van der Waals surface area (Å²) in [4.78, 5) is 13.1. The van der Waals surface area contributed by atoms with Gasteiger partial charge < -0.3 is 11.1 Å². The Hall–Kier alpha value is -3.69. The first-order valence-electron chi connectivity index (χ1n) is 9.56. The molecular formula is C21H16F4N6. The van der Waals surface area contributed by atoms with E-state index in [0.29, 0.717) is 0 Å². The van der Waals surface area contributed by atoms with Gasteiger partial charge in [-0.15, -0.1) is 0 Å². The predicted octanol–water partition coefficient (Wildman–Crippen LogP) is 5.18. The van der Waals surface area contributed by atoms with Crippen LogP contribution in [0.2, 0.25) is 0 Å². The van der Waals surface area contributed by atoms with Crippen LogP contribution in [0.1, 0.15) is 30.1 Å². The molecule has 1 aliphatic carbocycles. The highest BCUT2D eigenvalue weighted by Gasteiger charge is 2.32. The molecule has 1 saturated carbocycles. The van der Waals surface area contributed by atoms with Crippen LogP contribution in [0.4, 0.5) is 34.9 Å². The number of nitrogen functional groups attached to an aromatic ring is 1. The third-order valence-corrected chi connectivity index (χ3v) is 5.07. The summed E-state index contributed by atoms with van der Waals surface area (Å²) >= 11 is 0. The lowest BCUT2D eigenvalue weighted by atomic mass is 10.2. The van der Waals surface area contributed by atoms with E-state index in [-0.39, 0.29) is 29.2 Å². The van der Waals surface area contributed by atoms with Gasteiger partial charge in [0, 0.05) is 11.6 Å². The third kappa shape index (κ3) is 3.54. The maximum absolute atomic E-state index is 14.6. The summed E-state index contributed by atoms with van der Waals surface area (Å²) in [6.07, 6.45) is -2.49. The van der Waals surface area contributed by atoms with E-state index in [4.69, 9.17) is 5.73 Å². The summed E-state index contributed by atoms with van der Waals surface area (Å²) in [5, 5.41) is 2.70. The molecule has 1 aliphatic rings. The van der Waals surface area contributed by atoms with Gasteiger partial charge in [-0.2, -0.15) is 27.5 Å². The number of halogens is 4. The number of imidazole rings is 1. The number of hydrogen-bond donors (Lipinski definition) is 2. The Bertz CT molecular complexity index is 1280. The zero-order chi connectivity index (χ0) is 21.8. The van der Waals surface area contributed by atoms with Gasteiger partial charge in [-0.1, -0.05) is 12.1 Å². The molecule has 158 valence electrons. The number of nitrogens with one attached hydrogen (secondary N) is 1. The average molecular weight is 428 g/mol. The standard InChI is InChI=1S/C21H16F4N6/c22-16-17(26)29-20(30-18(16)27-13-9-7-12(8-10-13)21(23,24)25)31-15-4-2-1-3-14(15)28-19(31)11-5-6-11/h1-4,7-11H,5-6H2,(H3,26,27,29,30). The monoisotopic (exact) mass is 428 g/mol. The summed E-state index contributed by atoms with van der Waals surface area (Å²) in [6, 6.07) is 11.6. The first kappa shape index (κ1) is 19.3. The molecule has 0 radical (unpaired) electrons. The van der Waals surface area contributed by atoms with Gasteiger partial charge in [0.2, 0.25) is 11.8 Å². The lowest BCUT2D eigenvalue weighted by Crippen LogP contribution is -2.11. The van der Waals surface area contributed by atoms with Gasteiger partial charge >= 0.3 is 6.18 Å². The molecule has 1 fully saturated rings. The average Bonchev–Trinajstić information content (AvgIpc) is 3.51. The number of nitrogens with zero attached hydrogens (tertiary/aromatic N) is 4. The minimum atomic E-state index is -4.46. The minimum absolute atomic E-state index is 0.143. The zero-order valence-corrected chi connectivity index (χ0v) is 16.0. The number of hydrogen-bond acceptors (Lipinski definition) is 5. The van der Waals surface area contributed by atoms with Crippen LogP contribution in [-0.4, -0.2) is 19.5 Å². The Morgan fingerprint density at radius 3 is 2.35 bits per heavy atom. The van der Waals surface area contributed by atoms with Gasteiger partial charge in [0.05, 0.1) is 16.6 Å². The smallest absolute Gasteiger partial charge is 0.381 e. The van der Waals surface area contributed by atoms with Gasteiger partial charge in [0.1, 0.15) is 5.82 Å². The molecule has 0 spiro atoms. The van der Waals surface area contributed by atoms with E-state index in [0.717, 1.165) is 41.8 Å². The lowest BCUT2D eigenvalue weighted by molar-refractivity contribution is -0.137. The van der Waals surface area contributed by atoms with Gasteiger partial charge in [-0.25, -0.2) is 4.98 Å². The summed E-state index contributed by atoms with van der Waals surface area (Å²) in [7, 11) is 0. The fourth-order valence-electron chi connectivity index (χ4n) is 3.38. The Morgan fingerprint density at radius 2 is 1.68 bits per heavy atom. The van der Waals surface area contributed by atoms with Crippen molar-refractivity contribution in [1.29, 1.82) is 0 Å². The van der Waals surface area contributed by atoms with Crippen LogP contribution in [0.15, 0.2) is 48.5 Å². The van der Waals surface area contributed by atoms with Crippen LogP contribution >= 0.6 is 0 Å². The lowest BCUT2D eigenvalue weighted by Gasteiger charge is -2.13. The van der Waals surface area contributed by atoms with E-state index < -0.39 is 17.6 Å². The van der Waals surface area contributed by atoms with Crippen LogP contribution in [0.3, 0.4) is 0 Å². The molecule has 10 heteroatoms. The van der Waals surface area contributed by atoms with Crippen LogP contribution in [-0.2, 0) is 6.18 Å². The summed E-state index contributed by atoms with van der Waals surface area (Å²) in [5.74, 6) is -0.327. The molecule has 3 N–H and O–H groups in total. The van der Waals surface area contributed by atoms with Crippen LogP contribution in [0.5, 0.6) is 0 Å². The molecule has 5 rings (SSSR count). The molecule has 2 heterocycles. The SMILES string of the molecule is Nc1nc(-n2c(C3CC3)nc3ccccc32)nc(Nc2ccc(C(F)(F)F)cc2)c1F. The Kier molecular flexibility index (Phi) is 4.31. The van der Waals surface area contributed by atoms with Crippen LogP contribution < -0.4 is 11.1 Å². The first-order chi connectivity index (χ1) is 14.8. The highest BCUT2D eigenvalue weighted by Crippen LogP contribution is 2.41. The number of nitrogens with two attached hydrogens (primary N) is 1. The maximum atomic E-state index is 14.6. The number of rotatable bonds is 4. The maximum Gasteiger partial charge on any atom is 0.416 e. The molecule has 0 atom stereocenters. The second-order valence-corrected chi connectivity index (χ2v) is 7.34. The molecule has 4 aromatic rings. The summed E-state index contributed by atoms with van der Waals surface area (Å²) in [6.45, 7) is 0. The van der Waals surface area contributed by atoms with Gasteiger partial charge in [-0.3, -0.25) is 4.57 Å². The van der Waals surface area contributed by atoms with Crippen molar-refractivity contribution in [2.45, 2.75) is 24.9 Å². The molecule has 0 amide bonds. The molecule has 2 aromatic heterocycles. The normalized spacial score (nSPS) is 14.2. The second-order valence-electron chi connectivity index (χ2n) is 7.34. The van der Waals surface area contributed by atoms with Crippen molar-refractivity contribution in [3.8, 4) is 5.95 Å². The number of aromatic nitrogens is 4. The molecule has 6 nitrogen and oxygen atoms in total. The third-order valence-electron chi connectivity index (χ3n) is 5.07.